The van der Waals surface area contributed by atoms with Crippen molar-refractivity contribution in [1.29, 1.82) is 0 Å². The zero-order chi connectivity index (χ0) is 22.6. The molecule has 2 aliphatic rings. The van der Waals surface area contributed by atoms with Crippen LogP contribution in [0.15, 0.2) is 12.1 Å². The number of halogens is 3. The quantitative estimate of drug-likeness (QED) is 0.530. The highest BCUT2D eigenvalue weighted by Gasteiger charge is 2.45. The number of rotatable bonds is 11. The van der Waals surface area contributed by atoms with E-state index < -0.39 is 43.1 Å². The van der Waals surface area contributed by atoms with Crippen molar-refractivity contribution >= 4 is 17.6 Å². The Hall–Kier alpha value is -2.52. The van der Waals surface area contributed by atoms with Gasteiger partial charge in [0.05, 0.1) is 19.7 Å². The number of amides is 1. The number of carbonyl (C=O) groups excluding carboxylic acids is 2. The summed E-state index contributed by atoms with van der Waals surface area (Å²) in [5, 5.41) is 2.66. The van der Waals surface area contributed by atoms with Crippen LogP contribution in [-0.2, 0) is 9.53 Å². The van der Waals surface area contributed by atoms with E-state index in [-0.39, 0.29) is 31.0 Å². The number of carbonyl (C=O) groups is 2. The zero-order valence-electron chi connectivity index (χ0n) is 17.8. The third kappa shape index (κ3) is 5.40. The molecule has 0 bridgehead atoms. The summed E-state index contributed by atoms with van der Waals surface area (Å²) in [4.78, 5) is 31.0. The number of nitrogens with zero attached hydrogens (tertiary/aromatic N) is 2. The van der Waals surface area contributed by atoms with E-state index in [9.17, 15) is 22.8 Å². The summed E-state index contributed by atoms with van der Waals surface area (Å²) >= 11 is 0. The van der Waals surface area contributed by atoms with Gasteiger partial charge in [0.1, 0.15) is 30.2 Å². The molecule has 1 aliphatic heterocycles. The normalized spacial score (nSPS) is 17.6. The highest BCUT2D eigenvalue weighted by atomic mass is 19.3. The monoisotopic (exact) mass is 443 g/mol. The van der Waals surface area contributed by atoms with Crippen LogP contribution in [0.3, 0.4) is 0 Å². The van der Waals surface area contributed by atoms with Crippen LogP contribution in [0.25, 0.3) is 0 Å². The van der Waals surface area contributed by atoms with Crippen molar-refractivity contribution in [3.63, 3.8) is 0 Å². The van der Waals surface area contributed by atoms with Gasteiger partial charge in [0.2, 0.25) is 5.88 Å². The maximum absolute atomic E-state index is 13.3. The Morgan fingerprint density at radius 1 is 1.26 bits per heavy atom. The first-order valence-electron chi connectivity index (χ1n) is 10.6. The third-order valence-corrected chi connectivity index (χ3v) is 5.67. The van der Waals surface area contributed by atoms with Crippen molar-refractivity contribution in [2.45, 2.75) is 51.0 Å². The van der Waals surface area contributed by atoms with Crippen molar-refractivity contribution in [2.75, 3.05) is 37.9 Å². The molecule has 1 aliphatic carbocycles. The van der Waals surface area contributed by atoms with Crippen LogP contribution >= 0.6 is 0 Å². The van der Waals surface area contributed by atoms with Gasteiger partial charge in [-0.2, -0.15) is 0 Å². The van der Waals surface area contributed by atoms with Crippen LogP contribution < -0.4 is 15.0 Å². The largest absolute Gasteiger partial charge is 0.476 e. The fraction of sp³-hybridized carbons (Fsp3) is 0.667. The molecule has 1 amide bonds. The van der Waals surface area contributed by atoms with Gasteiger partial charge >= 0.3 is 5.97 Å². The minimum absolute atomic E-state index is 0.00797. The average Bonchev–Trinajstić information content (AvgIpc) is 3.56. The van der Waals surface area contributed by atoms with Gasteiger partial charge in [-0.15, -0.1) is 0 Å². The predicted octanol–water partition coefficient (Wildman–Crippen LogP) is 3.13. The first-order chi connectivity index (χ1) is 14.7. The predicted molar refractivity (Wildman–Crippen MR) is 107 cm³/mol. The van der Waals surface area contributed by atoms with Crippen molar-refractivity contribution in [3.05, 3.63) is 17.8 Å². The number of nitrogens with one attached hydrogen (secondary N) is 1. The Balaban J connectivity index is 1.79. The number of esters is 1. The molecule has 1 saturated heterocycles. The van der Waals surface area contributed by atoms with Crippen LogP contribution in [0.5, 0.6) is 5.88 Å². The van der Waals surface area contributed by atoms with Crippen molar-refractivity contribution in [2.24, 2.45) is 5.92 Å². The first kappa shape index (κ1) is 23.1. The topological polar surface area (TPSA) is 80.8 Å². The molecule has 10 heteroatoms. The molecule has 1 aromatic heterocycles. The summed E-state index contributed by atoms with van der Waals surface area (Å²) < 4.78 is 49.7. The molecule has 31 heavy (non-hydrogen) atoms. The van der Waals surface area contributed by atoms with Gasteiger partial charge in [0.25, 0.3) is 11.8 Å². The van der Waals surface area contributed by atoms with E-state index in [0.29, 0.717) is 18.2 Å². The molecule has 7 nitrogen and oxygen atoms in total. The van der Waals surface area contributed by atoms with E-state index >= 15 is 0 Å². The molecule has 0 unspecified atom stereocenters. The molecule has 1 saturated carbocycles. The summed E-state index contributed by atoms with van der Waals surface area (Å²) in [6, 6.07) is 2.94. The second-order valence-corrected chi connectivity index (χ2v) is 8.06. The van der Waals surface area contributed by atoms with Gasteiger partial charge in [-0.1, -0.05) is 13.8 Å². The lowest BCUT2D eigenvalue weighted by Crippen LogP contribution is -2.56. The molecule has 0 atom stereocenters. The van der Waals surface area contributed by atoms with Crippen LogP contribution in [0, 0.1) is 5.92 Å². The van der Waals surface area contributed by atoms with E-state index in [4.69, 9.17) is 9.47 Å². The number of aromatic nitrogens is 1. The van der Waals surface area contributed by atoms with E-state index in [2.05, 4.69) is 10.3 Å². The fourth-order valence-corrected chi connectivity index (χ4v) is 3.39. The molecular formula is C21H28F3N3O4. The zero-order valence-corrected chi connectivity index (χ0v) is 17.8. The second-order valence-electron chi connectivity index (χ2n) is 8.06. The second kappa shape index (κ2) is 9.32. The molecular weight excluding hydrogens is 415 g/mol. The van der Waals surface area contributed by atoms with Gasteiger partial charge in [0, 0.05) is 0 Å². The Morgan fingerprint density at radius 2 is 1.94 bits per heavy atom. The van der Waals surface area contributed by atoms with Crippen LogP contribution in [-0.4, -0.2) is 61.3 Å². The van der Waals surface area contributed by atoms with Gasteiger partial charge in [-0.05, 0) is 43.7 Å². The molecule has 0 spiro atoms. The van der Waals surface area contributed by atoms with E-state index in [1.807, 2.05) is 0 Å². The number of ether oxygens (including phenoxy) is 2. The SMILES string of the molecule is CCC(CC)(NC(=O)c1ccc(N2CC(F)(F)C2)c(OCC2CC2)n1)C(=O)OCCF. The van der Waals surface area contributed by atoms with Crippen molar-refractivity contribution in [3.8, 4) is 5.88 Å². The van der Waals surface area contributed by atoms with Gasteiger partial charge in [0.15, 0.2) is 0 Å². The highest BCUT2D eigenvalue weighted by Crippen LogP contribution is 2.38. The Labute approximate surface area is 179 Å². The number of pyridine rings is 1. The molecule has 1 N–H and O–H groups in total. The van der Waals surface area contributed by atoms with Crippen molar-refractivity contribution < 1.29 is 32.2 Å². The minimum Gasteiger partial charge on any atom is -0.476 e. The van der Waals surface area contributed by atoms with E-state index in [0.717, 1.165) is 12.8 Å². The number of alkyl halides is 3. The summed E-state index contributed by atoms with van der Waals surface area (Å²) in [7, 11) is 0. The number of anilines is 1. The molecule has 3 rings (SSSR count). The minimum atomic E-state index is -2.76. The lowest BCUT2D eigenvalue weighted by Gasteiger charge is -2.40. The number of hydrogen-bond acceptors (Lipinski definition) is 6. The maximum atomic E-state index is 13.3. The van der Waals surface area contributed by atoms with E-state index in [1.165, 1.54) is 17.0 Å². The van der Waals surface area contributed by atoms with Crippen LogP contribution in [0.1, 0.15) is 50.0 Å². The molecule has 2 fully saturated rings. The summed E-state index contributed by atoms with van der Waals surface area (Å²) in [6.07, 6.45) is 2.56. The summed E-state index contributed by atoms with van der Waals surface area (Å²) in [5.74, 6) is -3.58. The maximum Gasteiger partial charge on any atom is 0.331 e. The molecule has 1 aromatic rings. The lowest BCUT2D eigenvalue weighted by atomic mass is 9.92. The van der Waals surface area contributed by atoms with Gasteiger partial charge < -0.3 is 19.7 Å². The van der Waals surface area contributed by atoms with Crippen LogP contribution in [0.4, 0.5) is 18.9 Å². The summed E-state index contributed by atoms with van der Waals surface area (Å²) in [5.41, 5.74) is -0.921. The van der Waals surface area contributed by atoms with E-state index in [1.54, 1.807) is 13.8 Å². The van der Waals surface area contributed by atoms with Crippen LogP contribution in [0.2, 0.25) is 0 Å². The lowest BCUT2D eigenvalue weighted by molar-refractivity contribution is -0.152. The Kier molecular flexibility index (Phi) is 6.96. The summed E-state index contributed by atoms with van der Waals surface area (Å²) in [6.45, 7) is 1.76. The first-order valence-corrected chi connectivity index (χ1v) is 10.6. The van der Waals surface area contributed by atoms with Crippen molar-refractivity contribution in [1.82, 2.24) is 10.3 Å². The molecule has 0 radical (unpaired) electrons. The Bertz CT molecular complexity index is 805. The fourth-order valence-electron chi connectivity index (χ4n) is 3.39. The average molecular weight is 443 g/mol. The Morgan fingerprint density at radius 3 is 2.48 bits per heavy atom. The third-order valence-electron chi connectivity index (χ3n) is 5.67. The smallest absolute Gasteiger partial charge is 0.331 e. The molecule has 0 aromatic carbocycles. The molecule has 172 valence electrons. The molecule has 2 heterocycles. The highest BCUT2D eigenvalue weighted by molar-refractivity contribution is 5.97. The standard InChI is InChI=1S/C21H28F3N3O4/c1-3-20(4-2,19(29)30-10-9-22)26-17(28)15-7-8-16(27-12-21(23,24)13-27)18(25-15)31-11-14-5-6-14/h7-8,14H,3-6,9-13H2,1-2H3,(H,26,28). The van der Waals surface area contributed by atoms with Gasteiger partial charge in [-0.3, -0.25) is 4.79 Å². The van der Waals surface area contributed by atoms with Gasteiger partial charge in [-0.25, -0.2) is 22.9 Å². The number of hydrogen-bond donors (Lipinski definition) is 1.